The van der Waals surface area contributed by atoms with Gasteiger partial charge in [0, 0.05) is 63.2 Å². The summed E-state index contributed by atoms with van der Waals surface area (Å²) in [4.78, 5) is 33.4. The fourth-order valence-electron chi connectivity index (χ4n) is 4.29. The van der Waals surface area contributed by atoms with Gasteiger partial charge in [0.25, 0.3) is 0 Å². The normalized spacial score (nSPS) is 20.4. The zero-order valence-corrected chi connectivity index (χ0v) is 19.7. The smallest absolute Gasteiger partial charge is 0.222 e. The molecule has 7 heteroatoms. The maximum Gasteiger partial charge on any atom is 0.222 e. The van der Waals surface area contributed by atoms with Crippen LogP contribution in [0.4, 0.5) is 0 Å². The van der Waals surface area contributed by atoms with Gasteiger partial charge in [-0.3, -0.25) is 19.5 Å². The minimum absolute atomic E-state index is 0.0297. The number of ketones is 1. The highest BCUT2D eigenvalue weighted by Gasteiger charge is 2.27. The molecular weight excluding hydrogens is 426 g/mol. The van der Waals surface area contributed by atoms with Crippen LogP contribution in [-0.2, 0) is 9.59 Å². The second kappa shape index (κ2) is 12.2. The Kier molecular flexibility index (Phi) is 9.30. The molecule has 1 atom stereocenters. The van der Waals surface area contributed by atoms with Gasteiger partial charge < -0.3 is 10.0 Å². The van der Waals surface area contributed by atoms with E-state index in [4.69, 9.17) is 11.6 Å². The molecule has 1 aliphatic carbocycles. The molecule has 3 rings (SSSR count). The van der Waals surface area contributed by atoms with Crippen molar-refractivity contribution >= 4 is 29.5 Å². The van der Waals surface area contributed by atoms with Crippen LogP contribution in [0.5, 0.6) is 0 Å². The van der Waals surface area contributed by atoms with Crippen molar-refractivity contribution in [3.8, 4) is 0 Å². The number of hydrogen-bond donors (Lipinski definition) is 1. The Bertz CT molecular complexity index is 842. The molecule has 1 aromatic rings. The van der Waals surface area contributed by atoms with E-state index in [9.17, 15) is 14.7 Å². The van der Waals surface area contributed by atoms with Crippen LogP contribution in [-0.4, -0.2) is 72.1 Å². The molecule has 0 spiro atoms. The summed E-state index contributed by atoms with van der Waals surface area (Å²) in [5, 5.41) is 11.1. The van der Waals surface area contributed by atoms with E-state index in [1.54, 1.807) is 12.1 Å². The van der Waals surface area contributed by atoms with Crippen molar-refractivity contribution in [2.45, 2.75) is 51.4 Å². The zero-order chi connectivity index (χ0) is 22.9. The van der Waals surface area contributed by atoms with Crippen LogP contribution in [0, 0.1) is 0 Å². The van der Waals surface area contributed by atoms with Gasteiger partial charge in [-0.05, 0) is 30.0 Å². The minimum Gasteiger partial charge on any atom is -0.511 e. The van der Waals surface area contributed by atoms with Gasteiger partial charge in [-0.25, -0.2) is 0 Å². The molecule has 1 heterocycles. The Balaban J connectivity index is 1.42. The average Bonchev–Trinajstić information content (AvgIpc) is 2.79. The van der Waals surface area contributed by atoms with E-state index in [1.807, 2.05) is 17.0 Å². The van der Waals surface area contributed by atoms with Gasteiger partial charge in [-0.2, -0.15) is 0 Å². The second-order valence-electron chi connectivity index (χ2n) is 8.66. The van der Waals surface area contributed by atoms with Gasteiger partial charge in [-0.15, -0.1) is 0 Å². The number of aliphatic imine (C=N–C) groups is 1. The monoisotopic (exact) mass is 459 g/mol. The van der Waals surface area contributed by atoms with E-state index in [1.165, 1.54) is 6.21 Å². The quantitative estimate of drug-likeness (QED) is 0.439. The van der Waals surface area contributed by atoms with Gasteiger partial charge in [0.15, 0.2) is 5.78 Å². The Morgan fingerprint density at radius 2 is 1.88 bits per heavy atom. The third-order valence-corrected chi connectivity index (χ3v) is 6.56. The van der Waals surface area contributed by atoms with Gasteiger partial charge in [0.05, 0.1) is 12.1 Å². The number of benzene rings is 1. The number of hydrogen-bond acceptors (Lipinski definition) is 5. The molecule has 6 nitrogen and oxygen atoms in total. The van der Waals surface area contributed by atoms with Crippen LogP contribution >= 0.6 is 11.6 Å². The van der Waals surface area contributed by atoms with Crippen molar-refractivity contribution in [1.82, 2.24) is 9.80 Å². The largest absolute Gasteiger partial charge is 0.511 e. The molecular formula is C25H34ClN3O3. The van der Waals surface area contributed by atoms with Crippen molar-refractivity contribution in [2.24, 2.45) is 4.99 Å². The molecule has 32 heavy (non-hydrogen) atoms. The van der Waals surface area contributed by atoms with Gasteiger partial charge in [0.1, 0.15) is 5.76 Å². The van der Waals surface area contributed by atoms with Crippen molar-refractivity contribution in [3.05, 3.63) is 46.2 Å². The molecule has 1 aromatic carbocycles. The van der Waals surface area contributed by atoms with Crippen LogP contribution in [0.2, 0.25) is 5.02 Å². The number of carbonyl (C=O) groups excluding carboxylic acids is 2. The summed E-state index contributed by atoms with van der Waals surface area (Å²) in [6.07, 6.45) is 6.20. The van der Waals surface area contributed by atoms with Crippen LogP contribution in [0.15, 0.2) is 40.6 Å². The number of unbranched alkanes of at least 4 members (excludes halogenated alkanes) is 2. The Hall–Kier alpha value is -2.18. The van der Waals surface area contributed by atoms with E-state index in [2.05, 4.69) is 16.8 Å². The molecule has 0 bridgehead atoms. The lowest BCUT2D eigenvalue weighted by molar-refractivity contribution is -0.133. The van der Waals surface area contributed by atoms with Crippen LogP contribution < -0.4 is 0 Å². The minimum atomic E-state index is -0.0763. The van der Waals surface area contributed by atoms with Crippen LogP contribution in [0.1, 0.15) is 56.9 Å². The predicted octanol–water partition coefficient (Wildman–Crippen LogP) is 4.39. The topological polar surface area (TPSA) is 73.2 Å². The maximum absolute atomic E-state index is 12.6. The van der Waals surface area contributed by atoms with Crippen LogP contribution in [0.25, 0.3) is 0 Å². The third-order valence-electron chi connectivity index (χ3n) is 6.31. The van der Waals surface area contributed by atoms with Gasteiger partial charge in [-0.1, -0.05) is 43.5 Å². The highest BCUT2D eigenvalue weighted by molar-refractivity contribution is 6.30. The first-order valence-corrected chi connectivity index (χ1v) is 12.1. The summed E-state index contributed by atoms with van der Waals surface area (Å²) >= 11 is 5.94. The van der Waals surface area contributed by atoms with E-state index in [0.717, 1.165) is 57.5 Å². The SMILES string of the molecule is CCCCCC(=O)N1CCN(CCN=CC2=C(O)CC(c3ccc(Cl)cc3)CC2=O)CC1. The van der Waals surface area contributed by atoms with Crippen molar-refractivity contribution in [1.29, 1.82) is 0 Å². The highest BCUT2D eigenvalue weighted by Crippen LogP contribution is 2.33. The first-order chi connectivity index (χ1) is 15.5. The van der Waals surface area contributed by atoms with E-state index >= 15 is 0 Å². The summed E-state index contributed by atoms with van der Waals surface area (Å²) in [5.41, 5.74) is 1.34. The average molecular weight is 460 g/mol. The molecule has 1 amide bonds. The number of piperazine rings is 1. The third kappa shape index (κ3) is 6.91. The summed E-state index contributed by atoms with van der Waals surface area (Å²) in [5.74, 6) is 0.275. The predicted molar refractivity (Wildman–Crippen MR) is 129 cm³/mol. The van der Waals surface area contributed by atoms with E-state index in [0.29, 0.717) is 36.4 Å². The number of amides is 1. The molecule has 1 N–H and O–H groups in total. The number of halogens is 1. The first-order valence-electron chi connectivity index (χ1n) is 11.7. The molecule has 1 saturated heterocycles. The standard InChI is InChI=1S/C25H34ClN3O3/c1-2-3-4-5-25(32)29-14-12-28(13-15-29)11-10-27-18-22-23(30)16-20(17-24(22)31)19-6-8-21(26)9-7-19/h6-9,18,20,30H,2-5,10-17H2,1H3. The lowest BCUT2D eigenvalue weighted by atomic mass is 9.83. The number of rotatable bonds is 9. The maximum atomic E-state index is 12.6. The van der Waals surface area contributed by atoms with E-state index < -0.39 is 0 Å². The summed E-state index contributed by atoms with van der Waals surface area (Å²) in [6.45, 7) is 6.73. The second-order valence-corrected chi connectivity index (χ2v) is 9.09. The molecule has 1 unspecified atom stereocenters. The summed E-state index contributed by atoms with van der Waals surface area (Å²) in [6, 6.07) is 7.43. The van der Waals surface area contributed by atoms with Gasteiger partial charge >= 0.3 is 0 Å². The number of aliphatic hydroxyl groups excluding tert-OH is 1. The molecule has 2 aliphatic rings. The van der Waals surface area contributed by atoms with Crippen molar-refractivity contribution in [3.63, 3.8) is 0 Å². The molecule has 1 aliphatic heterocycles. The van der Waals surface area contributed by atoms with Crippen LogP contribution in [0.3, 0.4) is 0 Å². The summed E-state index contributed by atoms with van der Waals surface area (Å²) < 4.78 is 0. The van der Waals surface area contributed by atoms with Gasteiger partial charge in [0.2, 0.25) is 5.91 Å². The summed E-state index contributed by atoms with van der Waals surface area (Å²) in [7, 11) is 0. The molecule has 174 valence electrons. The molecule has 1 fully saturated rings. The number of allylic oxidation sites excluding steroid dienone is 2. The van der Waals surface area contributed by atoms with Crippen molar-refractivity contribution in [2.75, 3.05) is 39.3 Å². The molecule has 0 saturated carbocycles. The fraction of sp³-hybridized carbons (Fsp3) is 0.560. The Morgan fingerprint density at radius 1 is 1.16 bits per heavy atom. The number of carbonyl (C=O) groups is 2. The molecule has 0 radical (unpaired) electrons. The lowest BCUT2D eigenvalue weighted by Gasteiger charge is -2.34. The number of nitrogens with zero attached hydrogens (tertiary/aromatic N) is 3. The molecule has 0 aromatic heterocycles. The fourth-order valence-corrected chi connectivity index (χ4v) is 4.41. The highest BCUT2D eigenvalue weighted by atomic mass is 35.5. The van der Waals surface area contributed by atoms with E-state index in [-0.39, 0.29) is 23.4 Å². The lowest BCUT2D eigenvalue weighted by Crippen LogP contribution is -2.49. The Labute approximate surface area is 195 Å². The van der Waals surface area contributed by atoms with Crippen molar-refractivity contribution < 1.29 is 14.7 Å². The first kappa shape index (κ1) is 24.5. The zero-order valence-electron chi connectivity index (χ0n) is 18.9. The number of Topliss-reactive ketones (excluding diaryl/α,β-unsaturated/α-hetero) is 1. The Morgan fingerprint density at radius 3 is 2.53 bits per heavy atom. The number of aliphatic hydroxyl groups is 1.